The van der Waals surface area contributed by atoms with Crippen LogP contribution in [-0.4, -0.2) is 30.6 Å². The molecule has 0 radical (unpaired) electrons. The molecule has 2 aromatic carbocycles. The van der Waals surface area contributed by atoms with E-state index in [0.717, 1.165) is 23.6 Å². The molecule has 0 saturated carbocycles. The number of nitrogens with zero attached hydrogens (tertiary/aromatic N) is 1. The second-order valence-electron chi connectivity index (χ2n) is 5.23. The van der Waals surface area contributed by atoms with E-state index in [1.165, 1.54) is 0 Å². The van der Waals surface area contributed by atoms with Crippen molar-refractivity contribution in [1.82, 2.24) is 4.90 Å². The van der Waals surface area contributed by atoms with Gasteiger partial charge >= 0.3 is 0 Å². The van der Waals surface area contributed by atoms with Crippen molar-refractivity contribution in [3.05, 3.63) is 59.1 Å². The van der Waals surface area contributed by atoms with E-state index in [1.807, 2.05) is 50.5 Å². The van der Waals surface area contributed by atoms with Gasteiger partial charge in [0.15, 0.2) is 0 Å². The van der Waals surface area contributed by atoms with Crippen molar-refractivity contribution >= 4 is 11.6 Å². The number of ether oxygens (including phenoxy) is 1. The van der Waals surface area contributed by atoms with Gasteiger partial charge in [0.25, 0.3) is 0 Å². The Morgan fingerprint density at radius 3 is 2.05 bits per heavy atom. The first-order chi connectivity index (χ1) is 10.0. The SMILES string of the molecule is CN(C)CCC(O)c1ccc(Oc2ccc(Cl)cc2)cc1. The highest BCUT2D eigenvalue weighted by molar-refractivity contribution is 6.30. The number of hydrogen-bond donors (Lipinski definition) is 1. The average Bonchev–Trinajstić information content (AvgIpc) is 2.48. The van der Waals surface area contributed by atoms with Crippen molar-refractivity contribution in [3.63, 3.8) is 0 Å². The van der Waals surface area contributed by atoms with Crippen LogP contribution in [0.5, 0.6) is 11.5 Å². The maximum Gasteiger partial charge on any atom is 0.127 e. The summed E-state index contributed by atoms with van der Waals surface area (Å²) in [5.41, 5.74) is 0.903. The van der Waals surface area contributed by atoms with Crippen LogP contribution in [0.3, 0.4) is 0 Å². The van der Waals surface area contributed by atoms with E-state index in [4.69, 9.17) is 16.3 Å². The van der Waals surface area contributed by atoms with Crippen LogP contribution < -0.4 is 4.74 Å². The predicted octanol–water partition coefficient (Wildman–Crippen LogP) is 4.12. The maximum atomic E-state index is 10.1. The summed E-state index contributed by atoms with van der Waals surface area (Å²) in [6.07, 6.45) is 0.265. The Hall–Kier alpha value is -1.55. The van der Waals surface area contributed by atoms with E-state index in [2.05, 4.69) is 4.90 Å². The van der Waals surface area contributed by atoms with Gasteiger partial charge < -0.3 is 14.7 Å². The van der Waals surface area contributed by atoms with Gasteiger partial charge in [-0.3, -0.25) is 0 Å². The van der Waals surface area contributed by atoms with Gasteiger partial charge in [0.05, 0.1) is 6.10 Å². The Bertz CT molecular complexity index is 552. The number of rotatable bonds is 6. The van der Waals surface area contributed by atoms with E-state index in [9.17, 15) is 5.11 Å². The second kappa shape index (κ2) is 7.46. The molecule has 0 amide bonds. The monoisotopic (exact) mass is 305 g/mol. The Labute approximate surface area is 130 Å². The molecule has 21 heavy (non-hydrogen) atoms. The maximum absolute atomic E-state index is 10.1. The standard InChI is InChI=1S/C17H20ClNO2/c1-19(2)12-11-17(20)13-3-7-15(8-4-13)21-16-9-5-14(18)6-10-16/h3-10,17,20H,11-12H2,1-2H3. The topological polar surface area (TPSA) is 32.7 Å². The normalized spacial score (nSPS) is 12.4. The summed E-state index contributed by atoms with van der Waals surface area (Å²) in [7, 11) is 3.99. The number of aliphatic hydroxyl groups excluding tert-OH is 1. The van der Waals surface area contributed by atoms with Gasteiger partial charge in [0.2, 0.25) is 0 Å². The van der Waals surface area contributed by atoms with Gasteiger partial charge in [0.1, 0.15) is 11.5 Å². The molecule has 0 aliphatic rings. The van der Waals surface area contributed by atoms with E-state index >= 15 is 0 Å². The zero-order chi connectivity index (χ0) is 15.2. The summed E-state index contributed by atoms with van der Waals surface area (Å²) >= 11 is 5.84. The summed E-state index contributed by atoms with van der Waals surface area (Å²) in [6, 6.07) is 14.7. The van der Waals surface area contributed by atoms with Crippen molar-refractivity contribution in [1.29, 1.82) is 0 Å². The molecule has 3 nitrogen and oxygen atoms in total. The largest absolute Gasteiger partial charge is 0.457 e. The first kappa shape index (κ1) is 15.8. The minimum atomic E-state index is -0.447. The van der Waals surface area contributed by atoms with E-state index in [1.54, 1.807) is 12.1 Å². The summed E-state index contributed by atoms with van der Waals surface area (Å²) in [6.45, 7) is 0.851. The predicted molar refractivity (Wildman–Crippen MR) is 86.1 cm³/mol. The lowest BCUT2D eigenvalue weighted by Gasteiger charge is -2.15. The summed E-state index contributed by atoms with van der Waals surface area (Å²) in [5, 5.41) is 10.8. The van der Waals surface area contributed by atoms with Crippen molar-refractivity contribution in [2.24, 2.45) is 0 Å². The minimum absolute atomic E-state index is 0.447. The zero-order valence-electron chi connectivity index (χ0n) is 12.3. The number of halogens is 1. The molecule has 0 aliphatic carbocycles. The van der Waals surface area contributed by atoms with Gasteiger partial charge in [-0.2, -0.15) is 0 Å². The molecule has 0 fully saturated rings. The Morgan fingerprint density at radius 1 is 1.00 bits per heavy atom. The van der Waals surface area contributed by atoms with Crippen molar-refractivity contribution in [3.8, 4) is 11.5 Å². The smallest absolute Gasteiger partial charge is 0.127 e. The van der Waals surface area contributed by atoms with Gasteiger partial charge in [-0.15, -0.1) is 0 Å². The van der Waals surface area contributed by atoms with Crippen molar-refractivity contribution in [2.75, 3.05) is 20.6 Å². The van der Waals surface area contributed by atoms with Gasteiger partial charge in [-0.05, 0) is 62.5 Å². The molecule has 0 saturated heterocycles. The fourth-order valence-electron chi connectivity index (χ4n) is 1.94. The molecule has 1 N–H and O–H groups in total. The first-order valence-electron chi connectivity index (χ1n) is 6.91. The molecular weight excluding hydrogens is 286 g/mol. The van der Waals surface area contributed by atoms with Crippen molar-refractivity contribution in [2.45, 2.75) is 12.5 Å². The minimum Gasteiger partial charge on any atom is -0.457 e. The van der Waals surface area contributed by atoms with Crippen LogP contribution >= 0.6 is 11.6 Å². The summed E-state index contributed by atoms with van der Waals surface area (Å²) in [4.78, 5) is 2.06. The highest BCUT2D eigenvalue weighted by atomic mass is 35.5. The third kappa shape index (κ3) is 5.05. The molecule has 0 heterocycles. The second-order valence-corrected chi connectivity index (χ2v) is 5.67. The number of aliphatic hydroxyl groups is 1. The summed E-state index contributed by atoms with van der Waals surface area (Å²) < 4.78 is 5.72. The van der Waals surface area contributed by atoms with E-state index in [-0.39, 0.29) is 0 Å². The highest BCUT2D eigenvalue weighted by Crippen LogP contribution is 2.25. The first-order valence-corrected chi connectivity index (χ1v) is 7.28. The Kier molecular flexibility index (Phi) is 5.62. The molecule has 2 rings (SSSR count). The lowest BCUT2D eigenvalue weighted by Crippen LogP contribution is -2.15. The van der Waals surface area contributed by atoms with Crippen LogP contribution in [0.15, 0.2) is 48.5 Å². The Morgan fingerprint density at radius 2 is 1.52 bits per heavy atom. The fourth-order valence-corrected chi connectivity index (χ4v) is 2.07. The van der Waals surface area contributed by atoms with Crippen LogP contribution in [-0.2, 0) is 0 Å². The number of hydrogen-bond acceptors (Lipinski definition) is 3. The van der Waals surface area contributed by atoms with Crippen LogP contribution in [0.1, 0.15) is 18.1 Å². The molecule has 0 aliphatic heterocycles. The molecule has 4 heteroatoms. The highest BCUT2D eigenvalue weighted by Gasteiger charge is 2.08. The average molecular weight is 306 g/mol. The summed E-state index contributed by atoms with van der Waals surface area (Å²) in [5.74, 6) is 1.47. The third-order valence-corrected chi connectivity index (χ3v) is 3.42. The third-order valence-electron chi connectivity index (χ3n) is 3.16. The Balaban J connectivity index is 1.96. The van der Waals surface area contributed by atoms with Crippen molar-refractivity contribution < 1.29 is 9.84 Å². The van der Waals surface area contributed by atoms with Gasteiger partial charge in [-0.1, -0.05) is 23.7 Å². The molecule has 112 valence electrons. The molecule has 1 atom stereocenters. The quantitative estimate of drug-likeness (QED) is 0.871. The van der Waals surface area contributed by atoms with Crippen LogP contribution in [0.4, 0.5) is 0 Å². The molecule has 0 spiro atoms. The van der Waals surface area contributed by atoms with Crippen LogP contribution in [0, 0.1) is 0 Å². The fraction of sp³-hybridized carbons (Fsp3) is 0.294. The van der Waals surface area contributed by atoms with Crippen LogP contribution in [0.25, 0.3) is 0 Å². The van der Waals surface area contributed by atoms with Gasteiger partial charge in [0, 0.05) is 11.6 Å². The van der Waals surface area contributed by atoms with Gasteiger partial charge in [-0.25, -0.2) is 0 Å². The number of benzene rings is 2. The lowest BCUT2D eigenvalue weighted by molar-refractivity contribution is 0.154. The molecule has 2 aromatic rings. The lowest BCUT2D eigenvalue weighted by atomic mass is 10.1. The molecule has 0 bridgehead atoms. The van der Waals surface area contributed by atoms with E-state index in [0.29, 0.717) is 11.4 Å². The molecule has 0 aromatic heterocycles. The molecule has 1 unspecified atom stereocenters. The zero-order valence-corrected chi connectivity index (χ0v) is 13.0. The molecular formula is C17H20ClNO2. The van der Waals surface area contributed by atoms with Crippen LogP contribution in [0.2, 0.25) is 5.02 Å². The van der Waals surface area contributed by atoms with E-state index < -0.39 is 6.10 Å².